The van der Waals surface area contributed by atoms with Crippen molar-refractivity contribution in [1.29, 1.82) is 0 Å². The van der Waals surface area contributed by atoms with Gasteiger partial charge in [0.15, 0.2) is 0 Å². The molecule has 7 aromatic rings. The molecule has 0 fully saturated rings. The standard InChI is InChI=1S/C37H27NS/c1-37(2)31-17-7-5-14-27(31)30-23-25(21-22-32(30)37)38(33-18-9-12-24-11-3-4-13-26(24)33)34-19-10-16-29-28-15-6-8-20-35(28)39-36(29)34/h3-23H,1-2H3. The molecule has 0 N–H and O–H groups in total. The van der Waals surface area contributed by atoms with Crippen molar-refractivity contribution in [2.75, 3.05) is 4.90 Å². The minimum absolute atomic E-state index is 0.0137. The minimum atomic E-state index is -0.0137. The maximum absolute atomic E-state index is 2.48. The summed E-state index contributed by atoms with van der Waals surface area (Å²) in [5, 5.41) is 5.13. The summed E-state index contributed by atoms with van der Waals surface area (Å²) in [5.74, 6) is 0. The van der Waals surface area contributed by atoms with E-state index in [1.54, 1.807) is 0 Å². The van der Waals surface area contributed by atoms with Gasteiger partial charge in [0.1, 0.15) is 0 Å². The summed E-state index contributed by atoms with van der Waals surface area (Å²) in [5.41, 5.74) is 9.06. The molecule has 6 aromatic carbocycles. The molecular formula is C37H27NS. The highest BCUT2D eigenvalue weighted by Gasteiger charge is 2.35. The van der Waals surface area contributed by atoms with E-state index in [9.17, 15) is 0 Å². The van der Waals surface area contributed by atoms with Crippen molar-refractivity contribution in [3.63, 3.8) is 0 Å². The summed E-state index contributed by atoms with van der Waals surface area (Å²) >= 11 is 1.88. The monoisotopic (exact) mass is 517 g/mol. The molecule has 1 nitrogen and oxygen atoms in total. The lowest BCUT2D eigenvalue weighted by Gasteiger charge is -2.28. The second kappa shape index (κ2) is 8.30. The highest BCUT2D eigenvalue weighted by Crippen LogP contribution is 2.52. The van der Waals surface area contributed by atoms with Crippen LogP contribution in [0.4, 0.5) is 17.1 Å². The van der Waals surface area contributed by atoms with E-state index in [1.807, 2.05) is 11.3 Å². The van der Waals surface area contributed by atoms with Gasteiger partial charge >= 0.3 is 0 Å². The summed E-state index contributed by atoms with van der Waals surface area (Å²) in [6.07, 6.45) is 0. The van der Waals surface area contributed by atoms with E-state index < -0.39 is 0 Å². The quantitative estimate of drug-likeness (QED) is 0.225. The van der Waals surface area contributed by atoms with Gasteiger partial charge in [-0.15, -0.1) is 11.3 Å². The number of benzene rings is 6. The Morgan fingerprint density at radius 2 is 1.21 bits per heavy atom. The van der Waals surface area contributed by atoms with Crippen LogP contribution in [0.25, 0.3) is 42.1 Å². The first-order valence-electron chi connectivity index (χ1n) is 13.5. The first kappa shape index (κ1) is 22.6. The van der Waals surface area contributed by atoms with E-state index in [2.05, 4.69) is 146 Å². The summed E-state index contributed by atoms with van der Waals surface area (Å²) in [6.45, 7) is 4.69. The van der Waals surface area contributed by atoms with Gasteiger partial charge in [-0.1, -0.05) is 111 Å². The summed E-state index contributed by atoms with van der Waals surface area (Å²) in [6, 6.07) is 46.9. The molecule has 0 spiro atoms. The van der Waals surface area contributed by atoms with Crippen LogP contribution in [-0.4, -0.2) is 0 Å². The first-order chi connectivity index (χ1) is 19.1. The van der Waals surface area contributed by atoms with Crippen molar-refractivity contribution >= 4 is 59.3 Å². The lowest BCUT2D eigenvalue weighted by atomic mass is 9.82. The molecule has 1 aliphatic carbocycles. The van der Waals surface area contributed by atoms with E-state index in [0.29, 0.717) is 0 Å². The maximum Gasteiger partial charge on any atom is 0.0640 e. The van der Waals surface area contributed by atoms with Crippen LogP contribution >= 0.6 is 11.3 Å². The lowest BCUT2D eigenvalue weighted by molar-refractivity contribution is 0.660. The van der Waals surface area contributed by atoms with Gasteiger partial charge in [0.25, 0.3) is 0 Å². The molecule has 0 radical (unpaired) electrons. The second-order valence-electron chi connectivity index (χ2n) is 11.0. The number of thiophene rings is 1. The third-order valence-corrected chi connectivity index (χ3v) is 9.67. The van der Waals surface area contributed by atoms with Gasteiger partial charge in [-0.3, -0.25) is 0 Å². The predicted octanol–water partition coefficient (Wildman–Crippen LogP) is 11.0. The number of anilines is 3. The van der Waals surface area contributed by atoms with E-state index in [-0.39, 0.29) is 5.41 Å². The van der Waals surface area contributed by atoms with Gasteiger partial charge < -0.3 is 4.90 Å². The molecule has 0 atom stereocenters. The SMILES string of the molecule is CC1(C)c2ccccc2-c2cc(N(c3cccc4ccccc34)c3cccc4c3sc3ccccc34)ccc21. The van der Waals surface area contributed by atoms with Gasteiger partial charge in [-0.2, -0.15) is 0 Å². The fourth-order valence-electron chi connectivity index (χ4n) is 6.57. The predicted molar refractivity (Wildman–Crippen MR) is 169 cm³/mol. The smallest absolute Gasteiger partial charge is 0.0640 e. The molecule has 2 heteroatoms. The van der Waals surface area contributed by atoms with Crippen molar-refractivity contribution in [2.45, 2.75) is 19.3 Å². The molecule has 0 amide bonds. The Labute approximate surface area is 232 Å². The minimum Gasteiger partial charge on any atom is -0.308 e. The van der Waals surface area contributed by atoms with Crippen molar-refractivity contribution in [3.8, 4) is 11.1 Å². The zero-order chi connectivity index (χ0) is 26.1. The second-order valence-corrected chi connectivity index (χ2v) is 12.0. The highest BCUT2D eigenvalue weighted by molar-refractivity contribution is 7.26. The van der Waals surface area contributed by atoms with Crippen LogP contribution in [0.1, 0.15) is 25.0 Å². The van der Waals surface area contributed by atoms with E-state index in [0.717, 1.165) is 0 Å². The Bertz CT molecular complexity index is 2060. The number of rotatable bonds is 3. The molecule has 1 heterocycles. The molecule has 0 aliphatic heterocycles. The van der Waals surface area contributed by atoms with Crippen molar-refractivity contribution in [3.05, 3.63) is 139 Å². The molecule has 0 saturated carbocycles. The Hall–Kier alpha value is -4.40. The molecule has 186 valence electrons. The van der Waals surface area contributed by atoms with Gasteiger partial charge in [-0.25, -0.2) is 0 Å². The van der Waals surface area contributed by atoms with E-state index in [1.165, 1.54) is 70.3 Å². The first-order valence-corrected chi connectivity index (χ1v) is 14.4. The largest absolute Gasteiger partial charge is 0.308 e. The highest BCUT2D eigenvalue weighted by atomic mass is 32.1. The summed E-state index contributed by atoms with van der Waals surface area (Å²) < 4.78 is 2.63. The molecule has 0 unspecified atom stereocenters. The van der Waals surface area contributed by atoms with Crippen LogP contribution < -0.4 is 4.90 Å². The summed E-state index contributed by atoms with van der Waals surface area (Å²) in [4.78, 5) is 2.48. The average Bonchev–Trinajstić information content (AvgIpc) is 3.47. The molecule has 0 bridgehead atoms. The van der Waals surface area contributed by atoms with Crippen LogP contribution in [0.15, 0.2) is 127 Å². The normalized spacial score (nSPS) is 13.6. The fourth-order valence-corrected chi connectivity index (χ4v) is 7.77. The summed E-state index contributed by atoms with van der Waals surface area (Å²) in [7, 11) is 0. The van der Waals surface area contributed by atoms with Gasteiger partial charge in [-0.05, 0) is 58.0 Å². The number of hydrogen-bond donors (Lipinski definition) is 0. The van der Waals surface area contributed by atoms with E-state index >= 15 is 0 Å². The van der Waals surface area contributed by atoms with Crippen LogP contribution in [0, 0.1) is 0 Å². The Kier molecular flexibility index (Phi) is 4.80. The van der Waals surface area contributed by atoms with E-state index in [4.69, 9.17) is 0 Å². The van der Waals surface area contributed by atoms with Crippen LogP contribution in [0.2, 0.25) is 0 Å². The lowest BCUT2D eigenvalue weighted by Crippen LogP contribution is -2.15. The molecule has 8 rings (SSSR count). The number of nitrogens with zero attached hydrogens (tertiary/aromatic N) is 1. The van der Waals surface area contributed by atoms with Gasteiger partial charge in [0.2, 0.25) is 0 Å². The third kappa shape index (κ3) is 3.25. The third-order valence-electron chi connectivity index (χ3n) is 8.46. The van der Waals surface area contributed by atoms with Crippen LogP contribution in [0.3, 0.4) is 0 Å². The Morgan fingerprint density at radius 1 is 0.538 bits per heavy atom. The molecular weight excluding hydrogens is 490 g/mol. The van der Waals surface area contributed by atoms with Crippen LogP contribution in [0.5, 0.6) is 0 Å². The zero-order valence-corrected chi connectivity index (χ0v) is 22.8. The van der Waals surface area contributed by atoms with Gasteiger partial charge in [0, 0.05) is 32.0 Å². The fraction of sp³-hybridized carbons (Fsp3) is 0.0811. The van der Waals surface area contributed by atoms with Crippen LogP contribution in [-0.2, 0) is 5.41 Å². The molecule has 39 heavy (non-hydrogen) atoms. The average molecular weight is 518 g/mol. The number of fused-ring (bicyclic) bond motifs is 7. The van der Waals surface area contributed by atoms with Crippen molar-refractivity contribution < 1.29 is 0 Å². The molecule has 1 aliphatic rings. The maximum atomic E-state index is 2.48. The zero-order valence-electron chi connectivity index (χ0n) is 22.0. The Balaban J connectivity index is 1.45. The number of hydrogen-bond acceptors (Lipinski definition) is 2. The van der Waals surface area contributed by atoms with Crippen molar-refractivity contribution in [1.82, 2.24) is 0 Å². The molecule has 1 aromatic heterocycles. The van der Waals surface area contributed by atoms with Crippen molar-refractivity contribution in [2.24, 2.45) is 0 Å². The topological polar surface area (TPSA) is 3.24 Å². The molecule has 0 saturated heterocycles. The Morgan fingerprint density at radius 3 is 2.13 bits per heavy atom. The van der Waals surface area contributed by atoms with Gasteiger partial charge in [0.05, 0.1) is 16.1 Å².